The van der Waals surface area contributed by atoms with E-state index in [4.69, 9.17) is 0 Å². The van der Waals surface area contributed by atoms with Crippen LogP contribution in [0, 0.1) is 5.41 Å². The van der Waals surface area contributed by atoms with E-state index in [-0.39, 0.29) is 13.2 Å². The highest BCUT2D eigenvalue weighted by Gasteiger charge is 2.58. The van der Waals surface area contributed by atoms with E-state index in [0.717, 1.165) is 13.8 Å². The largest absolute Gasteiger partial charge is 0.464 e. The number of esters is 2. The molecule has 0 radical (unpaired) electrons. The van der Waals surface area contributed by atoms with Crippen molar-refractivity contribution in [2.24, 2.45) is 5.41 Å². The van der Waals surface area contributed by atoms with Gasteiger partial charge < -0.3 is 9.47 Å². The fourth-order valence-corrected chi connectivity index (χ4v) is 1.38. The van der Waals surface area contributed by atoms with Crippen LogP contribution in [0.15, 0.2) is 0 Å². The first-order valence-corrected chi connectivity index (χ1v) is 5.22. The molecule has 0 aliphatic heterocycles. The molecule has 0 aliphatic carbocycles. The standard InChI is InChI=1S/C11H16O6/c1-5-16-9(14)11(7(3)12,8(4)13)10(15)17-6-2/h5-6H2,1-4H3. The normalized spacial score (nSPS) is 10.6. The SMILES string of the molecule is CCOC(=O)C(C(C)=O)(C(C)=O)C(=O)OCC. The van der Waals surface area contributed by atoms with Crippen LogP contribution in [0.25, 0.3) is 0 Å². The molecule has 0 aromatic rings. The zero-order chi connectivity index (χ0) is 13.6. The van der Waals surface area contributed by atoms with Crippen LogP contribution in [0.4, 0.5) is 0 Å². The van der Waals surface area contributed by atoms with Crippen LogP contribution < -0.4 is 0 Å². The second-order valence-corrected chi connectivity index (χ2v) is 3.30. The van der Waals surface area contributed by atoms with Crippen LogP contribution >= 0.6 is 0 Å². The number of ketones is 2. The van der Waals surface area contributed by atoms with Gasteiger partial charge in [-0.1, -0.05) is 0 Å². The summed E-state index contributed by atoms with van der Waals surface area (Å²) >= 11 is 0. The van der Waals surface area contributed by atoms with E-state index in [9.17, 15) is 19.2 Å². The maximum Gasteiger partial charge on any atom is 0.339 e. The Bertz CT molecular complexity index is 310. The van der Waals surface area contributed by atoms with E-state index in [2.05, 4.69) is 9.47 Å². The molecule has 0 saturated carbocycles. The predicted octanol–water partition coefficient (Wildman–Crippen LogP) is 0.277. The number of ether oxygens (including phenoxy) is 2. The van der Waals surface area contributed by atoms with Gasteiger partial charge in [0, 0.05) is 0 Å². The monoisotopic (exact) mass is 244 g/mol. The molecule has 0 aromatic carbocycles. The third-order valence-corrected chi connectivity index (χ3v) is 2.22. The molecular weight excluding hydrogens is 228 g/mol. The molecule has 0 amide bonds. The highest BCUT2D eigenvalue weighted by Crippen LogP contribution is 2.24. The number of rotatable bonds is 6. The second kappa shape index (κ2) is 6.12. The molecule has 0 heterocycles. The summed E-state index contributed by atoms with van der Waals surface area (Å²) in [4.78, 5) is 46.4. The van der Waals surface area contributed by atoms with Crippen molar-refractivity contribution in [1.29, 1.82) is 0 Å². The zero-order valence-corrected chi connectivity index (χ0v) is 10.4. The van der Waals surface area contributed by atoms with Crippen molar-refractivity contribution in [3.63, 3.8) is 0 Å². The molecule has 0 spiro atoms. The van der Waals surface area contributed by atoms with Crippen LogP contribution in [-0.4, -0.2) is 36.7 Å². The molecule has 0 atom stereocenters. The van der Waals surface area contributed by atoms with Gasteiger partial charge in [-0.2, -0.15) is 0 Å². The summed E-state index contributed by atoms with van der Waals surface area (Å²) in [6.45, 7) is 4.90. The summed E-state index contributed by atoms with van der Waals surface area (Å²) in [5.74, 6) is -4.17. The number of hydrogen-bond acceptors (Lipinski definition) is 6. The Morgan fingerprint density at radius 3 is 1.29 bits per heavy atom. The van der Waals surface area contributed by atoms with Crippen LogP contribution in [-0.2, 0) is 28.7 Å². The number of Topliss-reactive ketones (excluding diaryl/α,β-unsaturated/α-hetero) is 2. The Morgan fingerprint density at radius 1 is 0.824 bits per heavy atom. The average Bonchev–Trinajstić information content (AvgIpc) is 2.17. The molecule has 0 aliphatic rings. The van der Waals surface area contributed by atoms with E-state index in [1.54, 1.807) is 0 Å². The maximum atomic E-state index is 11.7. The lowest BCUT2D eigenvalue weighted by atomic mass is 9.80. The van der Waals surface area contributed by atoms with Crippen molar-refractivity contribution < 1.29 is 28.7 Å². The minimum Gasteiger partial charge on any atom is -0.464 e. The summed E-state index contributed by atoms with van der Waals surface area (Å²) in [5.41, 5.74) is -2.48. The van der Waals surface area contributed by atoms with Crippen molar-refractivity contribution in [3.8, 4) is 0 Å². The van der Waals surface area contributed by atoms with Crippen molar-refractivity contribution in [2.45, 2.75) is 27.7 Å². The summed E-state index contributed by atoms with van der Waals surface area (Å²) in [7, 11) is 0. The Morgan fingerprint density at radius 2 is 1.12 bits per heavy atom. The van der Waals surface area contributed by atoms with E-state index in [1.165, 1.54) is 13.8 Å². The molecule has 0 bridgehead atoms. The minimum atomic E-state index is -2.48. The summed E-state index contributed by atoms with van der Waals surface area (Å²) < 4.78 is 9.23. The molecule has 6 heteroatoms. The molecule has 0 rings (SSSR count). The fourth-order valence-electron chi connectivity index (χ4n) is 1.38. The van der Waals surface area contributed by atoms with Crippen molar-refractivity contribution in [3.05, 3.63) is 0 Å². The first kappa shape index (κ1) is 15.3. The van der Waals surface area contributed by atoms with Gasteiger partial charge in [0.25, 0.3) is 5.41 Å². The summed E-state index contributed by atoms with van der Waals surface area (Å²) in [6, 6.07) is 0. The molecule has 0 N–H and O–H groups in total. The zero-order valence-electron chi connectivity index (χ0n) is 10.4. The van der Waals surface area contributed by atoms with Crippen molar-refractivity contribution >= 4 is 23.5 Å². The summed E-state index contributed by atoms with van der Waals surface area (Å²) in [5, 5.41) is 0. The average molecular weight is 244 g/mol. The smallest absolute Gasteiger partial charge is 0.339 e. The highest BCUT2D eigenvalue weighted by molar-refractivity contribution is 6.35. The number of carbonyl (C=O) groups is 4. The number of hydrogen-bond donors (Lipinski definition) is 0. The highest BCUT2D eigenvalue weighted by atomic mass is 16.6. The summed E-state index contributed by atoms with van der Waals surface area (Å²) in [6.07, 6.45) is 0. The van der Waals surface area contributed by atoms with Crippen molar-refractivity contribution in [2.75, 3.05) is 13.2 Å². The van der Waals surface area contributed by atoms with Gasteiger partial charge in [0.15, 0.2) is 11.6 Å². The Kier molecular flexibility index (Phi) is 5.50. The lowest BCUT2D eigenvalue weighted by Crippen LogP contribution is -2.52. The Labute approximate surface area is 99.3 Å². The quantitative estimate of drug-likeness (QED) is 0.492. The number of carbonyl (C=O) groups excluding carboxylic acids is 4. The molecule has 0 saturated heterocycles. The molecule has 0 fully saturated rings. The van der Waals surface area contributed by atoms with Gasteiger partial charge in [-0.25, -0.2) is 9.59 Å². The Hall–Kier alpha value is -1.72. The van der Waals surface area contributed by atoms with Crippen LogP contribution in [0.2, 0.25) is 0 Å². The molecule has 0 aromatic heterocycles. The van der Waals surface area contributed by atoms with Gasteiger partial charge >= 0.3 is 11.9 Å². The first-order valence-electron chi connectivity index (χ1n) is 5.22. The van der Waals surface area contributed by atoms with Crippen LogP contribution in [0.1, 0.15) is 27.7 Å². The van der Waals surface area contributed by atoms with Crippen LogP contribution in [0.5, 0.6) is 0 Å². The predicted molar refractivity (Wildman–Crippen MR) is 57.1 cm³/mol. The van der Waals surface area contributed by atoms with Gasteiger partial charge in [0.1, 0.15) is 0 Å². The fraction of sp³-hybridized carbons (Fsp3) is 0.636. The molecule has 0 unspecified atom stereocenters. The molecule has 6 nitrogen and oxygen atoms in total. The third-order valence-electron chi connectivity index (χ3n) is 2.22. The minimum absolute atomic E-state index is 0.0411. The lowest BCUT2D eigenvalue weighted by Gasteiger charge is -2.23. The van der Waals surface area contributed by atoms with Gasteiger partial charge in [-0.05, 0) is 27.7 Å². The van der Waals surface area contributed by atoms with Gasteiger partial charge in [0.05, 0.1) is 13.2 Å². The topological polar surface area (TPSA) is 86.7 Å². The molecule has 17 heavy (non-hydrogen) atoms. The van der Waals surface area contributed by atoms with E-state index in [1.807, 2.05) is 0 Å². The molecular formula is C11H16O6. The first-order chi connectivity index (χ1) is 7.85. The van der Waals surface area contributed by atoms with E-state index >= 15 is 0 Å². The van der Waals surface area contributed by atoms with Crippen molar-refractivity contribution in [1.82, 2.24) is 0 Å². The van der Waals surface area contributed by atoms with Crippen LogP contribution in [0.3, 0.4) is 0 Å². The molecule has 96 valence electrons. The van der Waals surface area contributed by atoms with Gasteiger partial charge in [-0.15, -0.1) is 0 Å². The maximum absolute atomic E-state index is 11.7. The van der Waals surface area contributed by atoms with Gasteiger partial charge in [0.2, 0.25) is 0 Å². The lowest BCUT2D eigenvalue weighted by molar-refractivity contribution is -0.175. The third kappa shape index (κ3) is 2.69. The second-order valence-electron chi connectivity index (χ2n) is 3.30. The Balaban J connectivity index is 5.60. The van der Waals surface area contributed by atoms with E-state index < -0.39 is 28.9 Å². The van der Waals surface area contributed by atoms with Gasteiger partial charge in [-0.3, -0.25) is 9.59 Å². The van der Waals surface area contributed by atoms with E-state index in [0.29, 0.717) is 0 Å².